The van der Waals surface area contributed by atoms with E-state index in [2.05, 4.69) is 122 Å². The molecule has 0 amide bonds. The van der Waals surface area contributed by atoms with E-state index in [0.717, 1.165) is 90.8 Å². The van der Waals surface area contributed by atoms with E-state index in [-0.39, 0.29) is 0 Å². The first kappa shape index (κ1) is 35.8. The van der Waals surface area contributed by atoms with Gasteiger partial charge in [-0.15, -0.1) is 5.92 Å². The van der Waals surface area contributed by atoms with E-state index < -0.39 is 0 Å². The molecule has 7 aromatic rings. The topological polar surface area (TPSA) is 50.5 Å². The molecule has 0 saturated heterocycles. The minimum absolute atomic E-state index is 0.651. The molecule has 1 aromatic heterocycles. The fraction of sp³-hybridized carbons (Fsp3) is 0.0769. The Kier molecular flexibility index (Phi) is 10.5. The lowest BCUT2D eigenvalue weighted by Gasteiger charge is -2.13. The van der Waals surface area contributed by atoms with E-state index in [4.69, 9.17) is 20.0 Å². The molecule has 0 radical (unpaired) electrons. The van der Waals surface area contributed by atoms with Crippen LogP contribution in [0.15, 0.2) is 192 Å². The number of hydrogen-bond donors (Lipinski definition) is 0. The summed E-state index contributed by atoms with van der Waals surface area (Å²) in [6, 6.07) is 52.0. The molecule has 4 heteroatoms. The molecule has 0 saturated carbocycles. The Bertz CT molecular complexity index is 2760. The van der Waals surface area contributed by atoms with Gasteiger partial charge in [-0.05, 0) is 72.7 Å². The minimum Gasteiger partial charge on any atom is -0.233 e. The second kappa shape index (κ2) is 16.4. The molecule has 0 bridgehead atoms. The van der Waals surface area contributed by atoms with E-state index in [1.165, 1.54) is 0 Å². The van der Waals surface area contributed by atoms with Crippen LogP contribution >= 0.6 is 0 Å². The Balaban J connectivity index is 1.10. The van der Waals surface area contributed by atoms with Crippen molar-refractivity contribution in [3.8, 4) is 56.7 Å². The summed E-state index contributed by atoms with van der Waals surface area (Å²) < 4.78 is 0. The maximum absolute atomic E-state index is 5.06. The normalized spacial score (nSPS) is 12.9. The van der Waals surface area contributed by atoms with Gasteiger partial charge in [0, 0.05) is 38.9 Å². The third-order valence-electron chi connectivity index (χ3n) is 9.87. The Labute approximate surface area is 329 Å². The molecule has 0 aliphatic heterocycles. The van der Waals surface area contributed by atoms with Crippen molar-refractivity contribution < 1.29 is 0 Å². The Morgan fingerprint density at radius 3 is 2.09 bits per heavy atom. The van der Waals surface area contributed by atoms with Crippen molar-refractivity contribution in [1.82, 2.24) is 9.97 Å². The number of rotatable bonds is 8. The fourth-order valence-corrected chi connectivity index (χ4v) is 6.94. The van der Waals surface area contributed by atoms with Crippen molar-refractivity contribution in [2.24, 2.45) is 9.98 Å². The highest BCUT2D eigenvalue weighted by molar-refractivity contribution is 6.13. The smallest absolute Gasteiger partial charge is 0.160 e. The number of aromatic nitrogens is 2. The molecule has 0 spiro atoms. The fourth-order valence-electron chi connectivity index (χ4n) is 6.94. The third-order valence-corrected chi connectivity index (χ3v) is 9.87. The van der Waals surface area contributed by atoms with Gasteiger partial charge in [0.05, 0.1) is 16.9 Å². The van der Waals surface area contributed by atoms with Crippen LogP contribution in [-0.2, 0) is 0 Å². The van der Waals surface area contributed by atoms with Crippen molar-refractivity contribution >= 4 is 28.1 Å². The van der Waals surface area contributed by atoms with Gasteiger partial charge in [-0.1, -0.05) is 164 Å². The summed E-state index contributed by atoms with van der Waals surface area (Å²) in [6.45, 7) is 8.31. The number of aliphatic imine (C=N–C) groups is 2. The lowest BCUT2D eigenvalue weighted by molar-refractivity contribution is 1.03. The number of benzene rings is 6. The molecule has 0 atom stereocenters. The summed E-state index contributed by atoms with van der Waals surface area (Å²) in [5.41, 5.74) is 13.7. The van der Waals surface area contributed by atoms with E-state index in [9.17, 15) is 0 Å². The molecular weight excluding hydrogens is 681 g/mol. The number of nitrogens with zero attached hydrogens (tertiary/aromatic N) is 4. The summed E-state index contributed by atoms with van der Waals surface area (Å²) in [4.78, 5) is 20.0. The zero-order valence-corrected chi connectivity index (χ0v) is 31.6. The maximum atomic E-state index is 5.06. The first-order valence-corrected chi connectivity index (χ1v) is 18.9. The van der Waals surface area contributed by atoms with Crippen LogP contribution in [0.25, 0.3) is 61.5 Å². The Hall–Kier alpha value is -7.22. The molecule has 1 aliphatic rings. The van der Waals surface area contributed by atoms with E-state index >= 15 is 0 Å². The number of hydrogen-bond acceptors (Lipinski definition) is 3. The molecule has 0 unspecified atom stereocenters. The average molecular weight is 721 g/mol. The van der Waals surface area contributed by atoms with Crippen LogP contribution in [0.1, 0.15) is 43.4 Å². The highest BCUT2D eigenvalue weighted by Gasteiger charge is 2.14. The number of para-hydroxylation sites is 1. The van der Waals surface area contributed by atoms with Crippen LogP contribution in [0.4, 0.5) is 0 Å². The molecule has 268 valence electrons. The van der Waals surface area contributed by atoms with Gasteiger partial charge in [-0.25, -0.2) is 20.0 Å². The van der Waals surface area contributed by atoms with Crippen LogP contribution in [0.3, 0.4) is 0 Å². The molecule has 1 aliphatic carbocycles. The van der Waals surface area contributed by atoms with Crippen LogP contribution in [0, 0.1) is 11.8 Å². The van der Waals surface area contributed by atoms with Crippen LogP contribution < -0.4 is 0 Å². The maximum Gasteiger partial charge on any atom is 0.160 e. The number of fused-ring (bicyclic) bond motifs is 1. The quantitative estimate of drug-likeness (QED) is 0.0891. The second-order valence-electron chi connectivity index (χ2n) is 13.7. The lowest BCUT2D eigenvalue weighted by Crippen LogP contribution is -2.05. The summed E-state index contributed by atoms with van der Waals surface area (Å²) in [7, 11) is 0. The third kappa shape index (κ3) is 7.85. The van der Waals surface area contributed by atoms with Gasteiger partial charge in [-0.2, -0.15) is 0 Å². The van der Waals surface area contributed by atoms with E-state index in [1.807, 2.05) is 80.6 Å². The number of allylic oxidation sites excluding steroid dienone is 2. The summed E-state index contributed by atoms with van der Waals surface area (Å²) in [6.07, 6.45) is 8.47. The molecule has 1 heterocycles. The molecule has 0 fully saturated rings. The van der Waals surface area contributed by atoms with Gasteiger partial charge in [0.1, 0.15) is 0 Å². The first-order chi connectivity index (χ1) is 27.5. The van der Waals surface area contributed by atoms with Crippen molar-refractivity contribution in [2.75, 3.05) is 0 Å². The van der Waals surface area contributed by atoms with E-state index in [0.29, 0.717) is 17.4 Å². The molecular formula is C52H40N4. The van der Waals surface area contributed by atoms with Gasteiger partial charge in [0.2, 0.25) is 0 Å². The molecule has 0 N–H and O–H groups in total. The highest BCUT2D eigenvalue weighted by Crippen LogP contribution is 2.34. The van der Waals surface area contributed by atoms with Gasteiger partial charge >= 0.3 is 0 Å². The second-order valence-corrected chi connectivity index (χ2v) is 13.7. The van der Waals surface area contributed by atoms with Crippen molar-refractivity contribution in [1.29, 1.82) is 0 Å². The van der Waals surface area contributed by atoms with Crippen LogP contribution in [-0.4, -0.2) is 21.5 Å². The lowest BCUT2D eigenvalue weighted by atomic mass is 9.93. The zero-order valence-electron chi connectivity index (χ0n) is 31.6. The standard InChI is InChI=1S/C52H40N4/c1-4-17-45-35-44(39-28-30-40(31-29-39)50-48-26-14-15-27-49(48)55-52(56-50)42-22-12-7-13-23-42)32-33-47(45)46-25-16-24-43(34-46)37(3)54-51(41-20-10-6-11-21-41)53-36(2)38-18-8-5-9-19-38/h5,7-10,12-16,18-35H,3,6,11H2,1-2H3. The van der Waals surface area contributed by atoms with Crippen LogP contribution in [0.2, 0.25) is 0 Å². The average Bonchev–Trinajstić information content (AvgIpc) is 3.27. The zero-order chi connectivity index (χ0) is 38.3. The molecule has 56 heavy (non-hydrogen) atoms. The van der Waals surface area contributed by atoms with Crippen molar-refractivity contribution in [3.05, 3.63) is 199 Å². The van der Waals surface area contributed by atoms with Gasteiger partial charge in [0.15, 0.2) is 11.7 Å². The summed E-state index contributed by atoms with van der Waals surface area (Å²) in [5.74, 6) is 7.89. The van der Waals surface area contributed by atoms with Gasteiger partial charge < -0.3 is 0 Å². The van der Waals surface area contributed by atoms with Gasteiger partial charge in [-0.3, -0.25) is 0 Å². The predicted octanol–water partition coefficient (Wildman–Crippen LogP) is 12.8. The Morgan fingerprint density at radius 2 is 1.32 bits per heavy atom. The largest absolute Gasteiger partial charge is 0.233 e. The predicted molar refractivity (Wildman–Crippen MR) is 235 cm³/mol. The molecule has 6 aromatic carbocycles. The Morgan fingerprint density at radius 1 is 0.625 bits per heavy atom. The first-order valence-electron chi connectivity index (χ1n) is 18.9. The van der Waals surface area contributed by atoms with E-state index in [1.54, 1.807) is 0 Å². The SMILES string of the molecule is C=C(N=C(N=C(C)c1ccccc1)C1=CCCC=C1)c1cccc(-c2ccc(-c3ccc(-c4nc(-c5ccccc5)nc5ccccc45)cc3)cc2C#CC)c1. The van der Waals surface area contributed by atoms with Crippen LogP contribution in [0.5, 0.6) is 0 Å². The minimum atomic E-state index is 0.651. The number of amidine groups is 1. The summed E-state index contributed by atoms with van der Waals surface area (Å²) >= 11 is 0. The monoisotopic (exact) mass is 720 g/mol. The van der Waals surface area contributed by atoms with Crippen molar-refractivity contribution in [2.45, 2.75) is 26.7 Å². The molecule has 4 nitrogen and oxygen atoms in total. The summed E-state index contributed by atoms with van der Waals surface area (Å²) in [5, 5.41) is 1.02. The highest BCUT2D eigenvalue weighted by atomic mass is 14.9. The van der Waals surface area contributed by atoms with Gasteiger partial charge in [0.25, 0.3) is 0 Å². The van der Waals surface area contributed by atoms with Crippen molar-refractivity contribution in [3.63, 3.8) is 0 Å². The molecule has 8 rings (SSSR count).